The van der Waals surface area contributed by atoms with Gasteiger partial charge in [0.15, 0.2) is 15.8 Å². The second kappa shape index (κ2) is 8.33. The van der Waals surface area contributed by atoms with Crippen LogP contribution in [0.2, 0.25) is 0 Å². The molecule has 6 nitrogen and oxygen atoms in total. The quantitative estimate of drug-likeness (QED) is 0.535. The van der Waals surface area contributed by atoms with Gasteiger partial charge >= 0.3 is 0 Å². The summed E-state index contributed by atoms with van der Waals surface area (Å²) in [5, 5.41) is 6.73. The van der Waals surface area contributed by atoms with Crippen molar-refractivity contribution in [2.24, 2.45) is 16.3 Å². The second-order valence-corrected chi connectivity index (χ2v) is 9.25. The van der Waals surface area contributed by atoms with Crippen molar-refractivity contribution in [3.8, 4) is 0 Å². The summed E-state index contributed by atoms with van der Waals surface area (Å²) in [6, 6.07) is 0. The Bertz CT molecular complexity index is 499. The predicted molar refractivity (Wildman–Crippen MR) is 93.5 cm³/mol. The van der Waals surface area contributed by atoms with Gasteiger partial charge < -0.3 is 15.4 Å². The van der Waals surface area contributed by atoms with E-state index in [0.717, 1.165) is 32.0 Å². The molecule has 1 aliphatic carbocycles. The highest BCUT2D eigenvalue weighted by atomic mass is 32.2. The number of nitrogens with one attached hydrogen (secondary N) is 2. The summed E-state index contributed by atoms with van der Waals surface area (Å²) < 4.78 is 28.3. The van der Waals surface area contributed by atoms with Gasteiger partial charge in [-0.05, 0) is 37.0 Å². The van der Waals surface area contributed by atoms with Gasteiger partial charge in [-0.2, -0.15) is 0 Å². The van der Waals surface area contributed by atoms with Crippen molar-refractivity contribution in [1.82, 2.24) is 10.6 Å². The van der Waals surface area contributed by atoms with E-state index < -0.39 is 9.84 Å². The third kappa shape index (κ3) is 5.64. The number of methoxy groups -OCH3 is 1. The van der Waals surface area contributed by atoms with Gasteiger partial charge in [-0.25, -0.2) is 8.42 Å². The molecule has 0 aromatic rings. The highest BCUT2D eigenvalue weighted by Crippen LogP contribution is 2.40. The fourth-order valence-corrected chi connectivity index (χ4v) is 5.59. The van der Waals surface area contributed by atoms with Gasteiger partial charge in [0.1, 0.15) is 0 Å². The van der Waals surface area contributed by atoms with Crippen LogP contribution >= 0.6 is 0 Å². The second-order valence-electron chi connectivity index (χ2n) is 7.03. The molecule has 2 aliphatic rings. The molecule has 1 saturated heterocycles. The van der Waals surface area contributed by atoms with E-state index in [0.29, 0.717) is 23.5 Å². The molecule has 1 saturated carbocycles. The fourth-order valence-electron chi connectivity index (χ4n) is 3.72. The van der Waals surface area contributed by atoms with E-state index in [1.807, 2.05) is 0 Å². The third-order valence-corrected chi connectivity index (χ3v) is 7.08. The Morgan fingerprint density at radius 3 is 2.61 bits per heavy atom. The third-order valence-electron chi connectivity index (χ3n) is 5.24. The van der Waals surface area contributed by atoms with E-state index in [9.17, 15) is 8.42 Å². The van der Waals surface area contributed by atoms with Crippen LogP contribution in [0.3, 0.4) is 0 Å². The molecule has 1 aliphatic heterocycles. The maximum absolute atomic E-state index is 11.5. The van der Waals surface area contributed by atoms with Crippen molar-refractivity contribution in [2.45, 2.75) is 38.5 Å². The summed E-state index contributed by atoms with van der Waals surface area (Å²) in [5.74, 6) is 1.60. The fraction of sp³-hybridized carbons (Fsp3) is 0.938. The molecule has 2 N–H and O–H groups in total. The molecule has 2 fully saturated rings. The Hall–Kier alpha value is -0.820. The van der Waals surface area contributed by atoms with Crippen LogP contribution < -0.4 is 10.6 Å². The first-order valence-corrected chi connectivity index (χ1v) is 10.4. The number of hydrogen-bond donors (Lipinski definition) is 2. The number of aliphatic imine (C=N–C) groups is 1. The van der Waals surface area contributed by atoms with Crippen molar-refractivity contribution < 1.29 is 13.2 Å². The predicted octanol–water partition coefficient (Wildman–Crippen LogP) is 1.18. The van der Waals surface area contributed by atoms with E-state index in [1.165, 1.54) is 25.7 Å². The topological polar surface area (TPSA) is 79.8 Å². The maximum Gasteiger partial charge on any atom is 0.191 e. The highest BCUT2D eigenvalue weighted by Gasteiger charge is 2.33. The summed E-state index contributed by atoms with van der Waals surface area (Å²) in [6.07, 6.45) is 6.88. The first kappa shape index (κ1) is 18.5. The lowest BCUT2D eigenvalue weighted by Gasteiger charge is -2.30. The number of nitrogens with zero attached hydrogens (tertiary/aromatic N) is 1. The minimum Gasteiger partial charge on any atom is -0.385 e. The maximum atomic E-state index is 11.5. The SMILES string of the molecule is CN=C(NCC1CCS(=O)(=O)C1)NCC1(CCOC)CCCC1. The molecule has 23 heavy (non-hydrogen) atoms. The molecule has 0 bridgehead atoms. The van der Waals surface area contributed by atoms with Crippen molar-refractivity contribution in [3.05, 3.63) is 0 Å². The van der Waals surface area contributed by atoms with Crippen LogP contribution in [-0.4, -0.2) is 59.7 Å². The Morgan fingerprint density at radius 1 is 1.30 bits per heavy atom. The van der Waals surface area contributed by atoms with Crippen LogP contribution in [0.1, 0.15) is 38.5 Å². The van der Waals surface area contributed by atoms with Gasteiger partial charge in [0.05, 0.1) is 11.5 Å². The van der Waals surface area contributed by atoms with Crippen molar-refractivity contribution in [2.75, 3.05) is 45.4 Å². The zero-order chi connectivity index (χ0) is 16.8. The molecule has 7 heteroatoms. The molecule has 0 aromatic heterocycles. The van der Waals surface area contributed by atoms with Crippen LogP contribution in [0.4, 0.5) is 0 Å². The number of hydrogen-bond acceptors (Lipinski definition) is 4. The normalized spacial score (nSPS) is 26.3. The lowest BCUT2D eigenvalue weighted by atomic mass is 9.83. The van der Waals surface area contributed by atoms with Gasteiger partial charge in [-0.15, -0.1) is 0 Å². The zero-order valence-electron chi connectivity index (χ0n) is 14.4. The van der Waals surface area contributed by atoms with Crippen LogP contribution in [0.5, 0.6) is 0 Å². The average molecular weight is 346 g/mol. The van der Waals surface area contributed by atoms with Gasteiger partial charge in [0.2, 0.25) is 0 Å². The molecule has 2 rings (SSSR count). The smallest absolute Gasteiger partial charge is 0.191 e. The summed E-state index contributed by atoms with van der Waals surface area (Å²) in [7, 11) is 0.708. The summed E-state index contributed by atoms with van der Waals surface area (Å²) in [6.45, 7) is 2.37. The molecule has 1 unspecified atom stereocenters. The molecule has 0 amide bonds. The Morgan fingerprint density at radius 2 is 2.04 bits per heavy atom. The first-order chi connectivity index (χ1) is 11.0. The summed E-state index contributed by atoms with van der Waals surface area (Å²) in [5.41, 5.74) is 0.310. The van der Waals surface area contributed by atoms with Crippen LogP contribution in [-0.2, 0) is 14.6 Å². The van der Waals surface area contributed by atoms with E-state index in [-0.39, 0.29) is 5.92 Å². The van der Waals surface area contributed by atoms with Crippen LogP contribution in [0.25, 0.3) is 0 Å². The number of rotatable bonds is 7. The summed E-state index contributed by atoms with van der Waals surface area (Å²) in [4.78, 5) is 4.27. The largest absolute Gasteiger partial charge is 0.385 e. The van der Waals surface area contributed by atoms with Crippen molar-refractivity contribution >= 4 is 15.8 Å². The first-order valence-electron chi connectivity index (χ1n) is 8.62. The molecule has 0 aromatic carbocycles. The number of ether oxygens (including phenoxy) is 1. The minimum atomic E-state index is -2.81. The molecule has 0 spiro atoms. The molecule has 134 valence electrons. The average Bonchev–Trinajstić information content (AvgIpc) is 3.12. The standard InChI is InChI=1S/C16H31N3O3S/c1-17-15(18-11-14-5-10-23(20,21)12-14)19-13-16(8-9-22-2)6-3-4-7-16/h14H,3-13H2,1-2H3,(H2,17,18,19). The van der Waals surface area contributed by atoms with Crippen LogP contribution in [0, 0.1) is 11.3 Å². The van der Waals surface area contributed by atoms with Gasteiger partial charge in [0, 0.05) is 33.9 Å². The van der Waals surface area contributed by atoms with Gasteiger partial charge in [-0.1, -0.05) is 12.8 Å². The zero-order valence-corrected chi connectivity index (χ0v) is 15.3. The highest BCUT2D eigenvalue weighted by molar-refractivity contribution is 7.91. The number of sulfone groups is 1. The Kier molecular flexibility index (Phi) is 6.71. The molecule has 1 heterocycles. The summed E-state index contributed by atoms with van der Waals surface area (Å²) >= 11 is 0. The number of guanidine groups is 1. The molecule has 0 radical (unpaired) electrons. The Balaban J connectivity index is 1.78. The van der Waals surface area contributed by atoms with E-state index >= 15 is 0 Å². The van der Waals surface area contributed by atoms with Gasteiger partial charge in [0.25, 0.3) is 0 Å². The molecular weight excluding hydrogens is 314 g/mol. The van der Waals surface area contributed by atoms with Crippen molar-refractivity contribution in [3.63, 3.8) is 0 Å². The van der Waals surface area contributed by atoms with Gasteiger partial charge in [-0.3, -0.25) is 4.99 Å². The molecular formula is C16H31N3O3S. The van der Waals surface area contributed by atoms with E-state index in [2.05, 4.69) is 15.6 Å². The van der Waals surface area contributed by atoms with Crippen LogP contribution in [0.15, 0.2) is 4.99 Å². The minimum absolute atomic E-state index is 0.201. The monoisotopic (exact) mass is 345 g/mol. The van der Waals surface area contributed by atoms with E-state index in [4.69, 9.17) is 4.74 Å². The molecule has 1 atom stereocenters. The van der Waals surface area contributed by atoms with Crippen molar-refractivity contribution in [1.29, 1.82) is 0 Å². The lowest BCUT2D eigenvalue weighted by Crippen LogP contribution is -2.44. The Labute approximate surface area is 140 Å². The van der Waals surface area contributed by atoms with E-state index in [1.54, 1.807) is 14.2 Å². The lowest BCUT2D eigenvalue weighted by molar-refractivity contribution is 0.138.